The van der Waals surface area contributed by atoms with Gasteiger partial charge in [0, 0.05) is 56.9 Å². The molecule has 1 heterocycles. The molecule has 1 aromatic heterocycles. The van der Waals surface area contributed by atoms with Gasteiger partial charge in [-0.25, -0.2) is 0 Å². The lowest BCUT2D eigenvalue weighted by Crippen LogP contribution is -2.08. The molecule has 3 heteroatoms. The molecule has 0 radical (unpaired) electrons. The van der Waals surface area contributed by atoms with Crippen LogP contribution in [0.3, 0.4) is 0 Å². The Morgan fingerprint density at radius 3 is 2.18 bits per heavy atom. The highest BCUT2D eigenvalue weighted by molar-refractivity contribution is 7.26. The van der Waals surface area contributed by atoms with E-state index in [4.69, 9.17) is 4.99 Å². The van der Waals surface area contributed by atoms with Gasteiger partial charge >= 0.3 is 0 Å². The number of anilines is 1. The highest BCUT2D eigenvalue weighted by Gasteiger charge is 2.11. The van der Waals surface area contributed by atoms with Gasteiger partial charge in [0.05, 0.1) is 5.69 Å². The zero-order valence-corrected chi connectivity index (χ0v) is 16.7. The third kappa shape index (κ3) is 2.85. The third-order valence-corrected chi connectivity index (χ3v) is 6.34. The van der Waals surface area contributed by atoms with Crippen LogP contribution in [-0.2, 0) is 0 Å². The minimum Gasteiger partial charge on any atom is -0.378 e. The predicted octanol–water partition coefficient (Wildman–Crippen LogP) is 7.02. The van der Waals surface area contributed by atoms with Crippen LogP contribution in [0.5, 0.6) is 0 Å². The molecule has 0 saturated heterocycles. The van der Waals surface area contributed by atoms with Crippen molar-refractivity contribution in [2.45, 2.75) is 0 Å². The first-order chi connectivity index (χ1) is 13.7. The minimum atomic E-state index is 1.02. The fourth-order valence-corrected chi connectivity index (χ4v) is 4.86. The average Bonchev–Trinajstić information content (AvgIpc) is 3.11. The molecule has 0 fully saturated rings. The monoisotopic (exact) mass is 380 g/mol. The van der Waals surface area contributed by atoms with Gasteiger partial charge in [-0.3, -0.25) is 4.99 Å². The molecule has 5 aromatic rings. The standard InChI is InChI=1S/C25H20N2S/c1-27(2)18-13-11-17(12-14-18)16-26-23-15-22-20-8-5-6-10-24(20)28-25(22)21-9-4-3-7-19(21)23/h3-16H,1-2H3. The Kier molecular flexibility index (Phi) is 4.10. The van der Waals surface area contributed by atoms with Gasteiger partial charge in [-0.1, -0.05) is 54.6 Å². The number of fused-ring (bicyclic) bond motifs is 5. The van der Waals surface area contributed by atoms with Gasteiger partial charge < -0.3 is 4.90 Å². The molecule has 0 aliphatic heterocycles. The number of rotatable bonds is 3. The van der Waals surface area contributed by atoms with Crippen LogP contribution in [0.4, 0.5) is 11.4 Å². The number of thiophene rings is 1. The number of hydrogen-bond donors (Lipinski definition) is 0. The summed E-state index contributed by atoms with van der Waals surface area (Å²) in [6.45, 7) is 0. The molecule has 4 aromatic carbocycles. The smallest absolute Gasteiger partial charge is 0.0715 e. The maximum absolute atomic E-state index is 4.88. The lowest BCUT2D eigenvalue weighted by Gasteiger charge is -2.11. The first-order valence-electron chi connectivity index (χ1n) is 9.35. The van der Waals surface area contributed by atoms with Crippen molar-refractivity contribution in [3.63, 3.8) is 0 Å². The second kappa shape index (κ2) is 6.77. The van der Waals surface area contributed by atoms with Crippen molar-refractivity contribution in [1.29, 1.82) is 0 Å². The van der Waals surface area contributed by atoms with E-state index in [-0.39, 0.29) is 0 Å². The number of hydrogen-bond acceptors (Lipinski definition) is 3. The molecule has 0 amide bonds. The predicted molar refractivity (Wildman–Crippen MR) is 125 cm³/mol. The molecule has 0 unspecified atom stereocenters. The fraction of sp³-hybridized carbons (Fsp3) is 0.0800. The molecule has 0 aliphatic carbocycles. The van der Waals surface area contributed by atoms with E-state index >= 15 is 0 Å². The summed E-state index contributed by atoms with van der Waals surface area (Å²) >= 11 is 1.86. The van der Waals surface area contributed by atoms with Gasteiger partial charge in [-0.05, 0) is 29.8 Å². The summed E-state index contributed by atoms with van der Waals surface area (Å²) in [5.74, 6) is 0. The first-order valence-corrected chi connectivity index (χ1v) is 10.2. The largest absolute Gasteiger partial charge is 0.378 e. The fourth-order valence-electron chi connectivity index (χ4n) is 3.64. The molecule has 5 rings (SSSR count). The van der Waals surface area contributed by atoms with Gasteiger partial charge in [-0.2, -0.15) is 0 Å². The van der Waals surface area contributed by atoms with Gasteiger partial charge in [-0.15, -0.1) is 11.3 Å². The Labute approximate surface area is 168 Å². The Morgan fingerprint density at radius 2 is 1.43 bits per heavy atom. The van der Waals surface area contributed by atoms with Gasteiger partial charge in [0.25, 0.3) is 0 Å². The molecule has 0 N–H and O–H groups in total. The van der Waals surface area contributed by atoms with Crippen LogP contribution < -0.4 is 4.90 Å². The van der Waals surface area contributed by atoms with Crippen LogP contribution in [0.15, 0.2) is 83.9 Å². The average molecular weight is 381 g/mol. The molecule has 0 atom stereocenters. The maximum atomic E-state index is 4.88. The second-order valence-corrected chi connectivity index (χ2v) is 8.21. The SMILES string of the molecule is CN(C)c1ccc(C=Nc2cc3c4ccccc4sc3c3ccccc23)cc1. The van der Waals surface area contributed by atoms with Crippen LogP contribution in [-0.4, -0.2) is 20.3 Å². The van der Waals surface area contributed by atoms with Crippen molar-refractivity contribution in [2.24, 2.45) is 4.99 Å². The summed E-state index contributed by atoms with van der Waals surface area (Å²) in [6, 6.07) is 27.9. The molecule has 28 heavy (non-hydrogen) atoms. The molecule has 0 saturated carbocycles. The molecular weight excluding hydrogens is 360 g/mol. The van der Waals surface area contributed by atoms with E-state index in [1.54, 1.807) is 0 Å². The Morgan fingerprint density at radius 1 is 0.750 bits per heavy atom. The van der Waals surface area contributed by atoms with E-state index in [1.165, 1.54) is 36.6 Å². The highest BCUT2D eigenvalue weighted by Crippen LogP contribution is 2.42. The molecular formula is C25H20N2S. The number of aliphatic imine (C=N–C) groups is 1. The van der Waals surface area contributed by atoms with Crippen molar-refractivity contribution >= 4 is 59.9 Å². The van der Waals surface area contributed by atoms with Crippen molar-refractivity contribution in [1.82, 2.24) is 0 Å². The summed E-state index contributed by atoms with van der Waals surface area (Å²) in [5, 5.41) is 5.06. The highest BCUT2D eigenvalue weighted by atomic mass is 32.1. The minimum absolute atomic E-state index is 1.02. The normalized spacial score (nSPS) is 11.8. The summed E-state index contributed by atoms with van der Waals surface area (Å²) in [4.78, 5) is 6.98. The van der Waals surface area contributed by atoms with E-state index in [0.29, 0.717) is 0 Å². The summed E-state index contributed by atoms with van der Waals surface area (Å²) in [7, 11) is 4.10. The number of benzene rings is 4. The zero-order chi connectivity index (χ0) is 19.1. The van der Waals surface area contributed by atoms with Crippen LogP contribution in [0, 0.1) is 0 Å². The Balaban J connectivity index is 1.68. The lowest BCUT2D eigenvalue weighted by molar-refractivity contribution is 1.13. The molecule has 0 aliphatic rings. The van der Waals surface area contributed by atoms with Gasteiger partial charge in [0.2, 0.25) is 0 Å². The summed E-state index contributed by atoms with van der Waals surface area (Å²) < 4.78 is 2.66. The number of nitrogens with zero attached hydrogens (tertiary/aromatic N) is 2. The quantitative estimate of drug-likeness (QED) is 0.307. The zero-order valence-electron chi connectivity index (χ0n) is 15.9. The Bertz CT molecular complexity index is 1330. The van der Waals surface area contributed by atoms with Crippen molar-refractivity contribution < 1.29 is 0 Å². The summed E-state index contributed by atoms with van der Waals surface area (Å²) in [6.07, 6.45) is 1.96. The van der Waals surface area contributed by atoms with Gasteiger partial charge in [0.1, 0.15) is 0 Å². The molecule has 0 bridgehead atoms. The van der Waals surface area contributed by atoms with Crippen LogP contribution in [0.25, 0.3) is 30.9 Å². The van der Waals surface area contributed by atoms with E-state index in [2.05, 4.69) is 97.9 Å². The van der Waals surface area contributed by atoms with E-state index < -0.39 is 0 Å². The second-order valence-electron chi connectivity index (χ2n) is 7.16. The molecule has 2 nitrogen and oxygen atoms in total. The van der Waals surface area contributed by atoms with Gasteiger partial charge in [0.15, 0.2) is 0 Å². The van der Waals surface area contributed by atoms with E-state index in [0.717, 1.165) is 11.3 Å². The topological polar surface area (TPSA) is 15.6 Å². The van der Waals surface area contributed by atoms with Crippen molar-refractivity contribution in [3.05, 3.63) is 84.4 Å². The maximum Gasteiger partial charge on any atom is 0.0715 e. The summed E-state index contributed by atoms with van der Waals surface area (Å²) in [5.41, 5.74) is 3.31. The first kappa shape index (κ1) is 17.0. The van der Waals surface area contributed by atoms with Crippen LogP contribution >= 0.6 is 11.3 Å². The van der Waals surface area contributed by atoms with Crippen LogP contribution in [0.1, 0.15) is 5.56 Å². The van der Waals surface area contributed by atoms with E-state index in [1.807, 2.05) is 17.6 Å². The van der Waals surface area contributed by atoms with Crippen molar-refractivity contribution in [2.75, 3.05) is 19.0 Å². The third-order valence-electron chi connectivity index (χ3n) is 5.12. The lowest BCUT2D eigenvalue weighted by atomic mass is 10.0. The molecule has 136 valence electrons. The molecule has 0 spiro atoms. The van der Waals surface area contributed by atoms with E-state index in [9.17, 15) is 0 Å². The Hall–Kier alpha value is -3.17. The van der Waals surface area contributed by atoms with Crippen LogP contribution in [0.2, 0.25) is 0 Å². The van der Waals surface area contributed by atoms with Crippen molar-refractivity contribution in [3.8, 4) is 0 Å².